The third kappa shape index (κ3) is 2.81. The van der Waals surface area contributed by atoms with Crippen molar-refractivity contribution < 1.29 is 14.3 Å². The van der Waals surface area contributed by atoms with Crippen LogP contribution in [0.5, 0.6) is 0 Å². The number of hydrogen-bond donors (Lipinski definition) is 2. The molecule has 2 amide bonds. The Morgan fingerprint density at radius 1 is 1.30 bits per heavy atom. The first-order valence-corrected chi connectivity index (χ1v) is 7.56. The van der Waals surface area contributed by atoms with E-state index in [2.05, 4.69) is 17.6 Å². The Morgan fingerprint density at radius 2 is 2.10 bits per heavy atom. The molecule has 6 heteroatoms. The Hall–Kier alpha value is -1.14. The van der Waals surface area contributed by atoms with E-state index in [4.69, 9.17) is 4.74 Å². The van der Waals surface area contributed by atoms with E-state index in [1.165, 1.54) is 0 Å². The molecular formula is C14H23N3O3. The number of carbonyl (C=O) groups excluding carboxylic acids is 2. The van der Waals surface area contributed by atoms with Gasteiger partial charge in [-0.05, 0) is 25.3 Å². The van der Waals surface area contributed by atoms with Gasteiger partial charge in [0, 0.05) is 19.1 Å². The zero-order valence-corrected chi connectivity index (χ0v) is 11.9. The van der Waals surface area contributed by atoms with E-state index in [9.17, 15) is 9.59 Å². The molecule has 0 radical (unpaired) electrons. The zero-order chi connectivity index (χ0) is 14.1. The van der Waals surface area contributed by atoms with E-state index in [-0.39, 0.29) is 17.7 Å². The van der Waals surface area contributed by atoms with Crippen LogP contribution in [0.1, 0.15) is 19.8 Å². The number of ether oxygens (including phenoxy) is 1. The molecule has 2 heterocycles. The van der Waals surface area contributed by atoms with Crippen LogP contribution >= 0.6 is 0 Å². The van der Waals surface area contributed by atoms with Crippen molar-refractivity contribution in [1.29, 1.82) is 0 Å². The fraction of sp³-hybridized carbons (Fsp3) is 0.857. The van der Waals surface area contributed by atoms with Crippen molar-refractivity contribution in [2.24, 2.45) is 11.8 Å². The van der Waals surface area contributed by atoms with Crippen molar-refractivity contribution in [3.05, 3.63) is 0 Å². The molecule has 6 nitrogen and oxygen atoms in total. The molecule has 2 aliphatic heterocycles. The highest BCUT2D eigenvalue weighted by Gasteiger charge is 2.40. The Bertz CT molecular complexity index is 397. The summed E-state index contributed by atoms with van der Waals surface area (Å²) in [6, 6.07) is -0.141. The number of nitrogens with zero attached hydrogens (tertiary/aromatic N) is 1. The quantitative estimate of drug-likeness (QED) is 0.721. The van der Waals surface area contributed by atoms with Crippen LogP contribution in [0.15, 0.2) is 0 Å². The van der Waals surface area contributed by atoms with Gasteiger partial charge in [0.05, 0.1) is 19.1 Å². The Labute approximate surface area is 119 Å². The monoisotopic (exact) mass is 281 g/mol. The minimum absolute atomic E-state index is 0.00988. The van der Waals surface area contributed by atoms with Gasteiger partial charge in [0.25, 0.3) is 0 Å². The van der Waals surface area contributed by atoms with Gasteiger partial charge in [-0.1, -0.05) is 6.92 Å². The molecule has 0 bridgehead atoms. The summed E-state index contributed by atoms with van der Waals surface area (Å²) in [5, 5.41) is 6.23. The van der Waals surface area contributed by atoms with Crippen LogP contribution in [0.25, 0.3) is 0 Å². The summed E-state index contributed by atoms with van der Waals surface area (Å²) in [4.78, 5) is 26.7. The summed E-state index contributed by atoms with van der Waals surface area (Å²) in [5.41, 5.74) is 0. The van der Waals surface area contributed by atoms with Crippen molar-refractivity contribution in [1.82, 2.24) is 15.5 Å². The summed E-state index contributed by atoms with van der Waals surface area (Å²) in [5.74, 6) is 0.364. The average molecular weight is 281 g/mol. The number of carbonyl (C=O) groups is 2. The second-order valence-electron chi connectivity index (χ2n) is 6.15. The van der Waals surface area contributed by atoms with Crippen LogP contribution in [0, 0.1) is 11.8 Å². The lowest BCUT2D eigenvalue weighted by molar-refractivity contribution is -0.152. The first-order valence-electron chi connectivity index (χ1n) is 7.56. The maximum atomic E-state index is 12.7. The summed E-state index contributed by atoms with van der Waals surface area (Å²) < 4.78 is 5.40. The minimum atomic E-state index is -0.454. The SMILES string of the molecule is CC1CNCC1C(=O)N1CCOCC1C(=O)NC1CC1. The molecule has 3 aliphatic rings. The molecule has 112 valence electrons. The predicted octanol–water partition coefficient (Wildman–Crippen LogP) is -0.652. The van der Waals surface area contributed by atoms with Gasteiger partial charge in [-0.25, -0.2) is 0 Å². The van der Waals surface area contributed by atoms with Crippen molar-refractivity contribution >= 4 is 11.8 Å². The fourth-order valence-corrected chi connectivity index (χ4v) is 2.96. The number of morpholine rings is 1. The van der Waals surface area contributed by atoms with Gasteiger partial charge in [-0.2, -0.15) is 0 Å². The highest BCUT2D eigenvalue weighted by Crippen LogP contribution is 2.23. The van der Waals surface area contributed by atoms with E-state index < -0.39 is 6.04 Å². The molecule has 3 atom stereocenters. The average Bonchev–Trinajstić information content (AvgIpc) is 3.17. The highest BCUT2D eigenvalue weighted by atomic mass is 16.5. The topological polar surface area (TPSA) is 70.7 Å². The molecule has 20 heavy (non-hydrogen) atoms. The predicted molar refractivity (Wildman–Crippen MR) is 73.0 cm³/mol. The van der Waals surface area contributed by atoms with Gasteiger partial charge in [-0.3, -0.25) is 9.59 Å². The molecule has 3 rings (SSSR count). The van der Waals surface area contributed by atoms with Gasteiger partial charge in [-0.15, -0.1) is 0 Å². The lowest BCUT2D eigenvalue weighted by atomic mass is 9.95. The first-order chi connectivity index (χ1) is 9.66. The molecule has 2 saturated heterocycles. The van der Waals surface area contributed by atoms with Crippen LogP contribution in [-0.4, -0.2) is 61.6 Å². The zero-order valence-electron chi connectivity index (χ0n) is 11.9. The second kappa shape index (κ2) is 5.69. The normalized spacial score (nSPS) is 34.0. The number of rotatable bonds is 3. The van der Waals surface area contributed by atoms with Crippen LogP contribution < -0.4 is 10.6 Å². The largest absolute Gasteiger partial charge is 0.377 e. The molecule has 1 saturated carbocycles. The molecule has 2 N–H and O–H groups in total. The van der Waals surface area contributed by atoms with Gasteiger partial charge in [0.2, 0.25) is 11.8 Å². The third-order valence-corrected chi connectivity index (χ3v) is 4.47. The maximum absolute atomic E-state index is 12.7. The van der Waals surface area contributed by atoms with Crippen molar-refractivity contribution in [2.45, 2.75) is 31.8 Å². The fourth-order valence-electron chi connectivity index (χ4n) is 2.96. The van der Waals surface area contributed by atoms with Crippen LogP contribution in [0.3, 0.4) is 0 Å². The summed E-state index contributed by atoms with van der Waals surface area (Å²) in [7, 11) is 0. The number of nitrogens with one attached hydrogen (secondary N) is 2. The summed E-state index contributed by atoms with van der Waals surface area (Å²) in [6.07, 6.45) is 2.10. The van der Waals surface area contributed by atoms with Crippen LogP contribution in [-0.2, 0) is 14.3 Å². The lowest BCUT2D eigenvalue weighted by Crippen LogP contribution is -2.58. The minimum Gasteiger partial charge on any atom is -0.377 e. The maximum Gasteiger partial charge on any atom is 0.245 e. The van der Waals surface area contributed by atoms with Crippen LogP contribution in [0.4, 0.5) is 0 Å². The van der Waals surface area contributed by atoms with Crippen LogP contribution in [0.2, 0.25) is 0 Å². The molecule has 3 unspecified atom stereocenters. The van der Waals surface area contributed by atoms with E-state index in [0.717, 1.165) is 19.4 Å². The Kier molecular flexibility index (Phi) is 3.94. The lowest BCUT2D eigenvalue weighted by Gasteiger charge is -2.36. The number of hydrogen-bond acceptors (Lipinski definition) is 4. The van der Waals surface area contributed by atoms with E-state index >= 15 is 0 Å². The smallest absolute Gasteiger partial charge is 0.245 e. The summed E-state index contributed by atoms with van der Waals surface area (Å²) >= 11 is 0. The molecule has 0 aromatic rings. The third-order valence-electron chi connectivity index (χ3n) is 4.47. The molecule has 0 aromatic heterocycles. The van der Waals surface area contributed by atoms with Gasteiger partial charge >= 0.3 is 0 Å². The number of amides is 2. The van der Waals surface area contributed by atoms with Crippen molar-refractivity contribution in [3.8, 4) is 0 Å². The Morgan fingerprint density at radius 3 is 2.75 bits per heavy atom. The molecule has 1 aliphatic carbocycles. The summed E-state index contributed by atoms with van der Waals surface area (Å²) in [6.45, 7) is 5.04. The van der Waals surface area contributed by atoms with E-state index in [1.54, 1.807) is 4.90 Å². The van der Waals surface area contributed by atoms with Gasteiger partial charge in [0.15, 0.2) is 0 Å². The van der Waals surface area contributed by atoms with Crippen molar-refractivity contribution in [2.75, 3.05) is 32.8 Å². The second-order valence-corrected chi connectivity index (χ2v) is 6.15. The van der Waals surface area contributed by atoms with Gasteiger partial charge < -0.3 is 20.3 Å². The van der Waals surface area contributed by atoms with E-state index in [0.29, 0.717) is 38.3 Å². The van der Waals surface area contributed by atoms with Crippen molar-refractivity contribution in [3.63, 3.8) is 0 Å². The molecule has 0 spiro atoms. The molecule has 0 aromatic carbocycles. The standard InChI is InChI=1S/C14H23N3O3/c1-9-6-15-7-11(9)14(19)17-4-5-20-8-12(17)13(18)16-10-2-3-10/h9-12,15H,2-8H2,1H3,(H,16,18). The highest BCUT2D eigenvalue weighted by molar-refractivity contribution is 5.89. The molecular weight excluding hydrogens is 258 g/mol. The Balaban J connectivity index is 1.67. The molecule has 3 fully saturated rings. The first kappa shape index (κ1) is 13.8. The van der Waals surface area contributed by atoms with Gasteiger partial charge in [0.1, 0.15) is 6.04 Å². The van der Waals surface area contributed by atoms with E-state index in [1.807, 2.05) is 0 Å².